The number of amides is 1. The van der Waals surface area contributed by atoms with E-state index in [4.69, 9.17) is 4.74 Å². The second-order valence-corrected chi connectivity index (χ2v) is 6.16. The number of methoxy groups -OCH3 is 1. The third kappa shape index (κ3) is 3.10. The minimum Gasteiger partial charge on any atom is -0.497 e. The molecule has 0 aliphatic heterocycles. The Morgan fingerprint density at radius 3 is 2.81 bits per heavy atom. The number of fused-ring (bicyclic) bond motifs is 1. The standard InChI is InChI=1S/C17H16BrNO2/c1-21-16-4-2-3-15(10-16)19-17(20)13-7-11-5-6-14(18)9-12(11)8-13/h2-6,9-10,13H,7-8H2,1H3,(H,19,20). The van der Waals surface area contributed by atoms with Crippen LogP contribution in [-0.4, -0.2) is 13.0 Å². The second-order valence-electron chi connectivity index (χ2n) is 5.24. The number of hydrogen-bond acceptors (Lipinski definition) is 2. The van der Waals surface area contributed by atoms with Gasteiger partial charge in [-0.1, -0.05) is 28.1 Å². The van der Waals surface area contributed by atoms with Crippen molar-refractivity contribution in [2.75, 3.05) is 12.4 Å². The van der Waals surface area contributed by atoms with Crippen molar-refractivity contribution in [3.63, 3.8) is 0 Å². The van der Waals surface area contributed by atoms with Crippen molar-refractivity contribution in [1.82, 2.24) is 0 Å². The molecule has 1 unspecified atom stereocenters. The van der Waals surface area contributed by atoms with Crippen LogP contribution in [0, 0.1) is 5.92 Å². The number of rotatable bonds is 3. The number of halogens is 1. The maximum Gasteiger partial charge on any atom is 0.228 e. The fraction of sp³-hybridized carbons (Fsp3) is 0.235. The zero-order chi connectivity index (χ0) is 14.8. The minimum absolute atomic E-state index is 0.000464. The van der Waals surface area contributed by atoms with E-state index in [1.807, 2.05) is 30.3 Å². The largest absolute Gasteiger partial charge is 0.497 e. The van der Waals surface area contributed by atoms with Crippen molar-refractivity contribution in [2.24, 2.45) is 5.92 Å². The summed E-state index contributed by atoms with van der Waals surface area (Å²) in [5.74, 6) is 0.808. The average molecular weight is 346 g/mol. The summed E-state index contributed by atoms with van der Waals surface area (Å²) in [5.41, 5.74) is 3.30. The first-order chi connectivity index (χ1) is 10.2. The lowest BCUT2D eigenvalue weighted by molar-refractivity contribution is -0.119. The lowest BCUT2D eigenvalue weighted by Crippen LogP contribution is -2.23. The van der Waals surface area contributed by atoms with Crippen molar-refractivity contribution in [3.8, 4) is 5.75 Å². The molecule has 2 aromatic carbocycles. The van der Waals surface area contributed by atoms with Crippen LogP contribution in [0.25, 0.3) is 0 Å². The molecule has 3 rings (SSSR count). The van der Waals surface area contributed by atoms with Gasteiger partial charge < -0.3 is 10.1 Å². The third-order valence-corrected chi connectivity index (χ3v) is 4.30. The first-order valence-electron chi connectivity index (χ1n) is 6.88. The summed E-state index contributed by atoms with van der Waals surface area (Å²) < 4.78 is 6.23. The Balaban J connectivity index is 1.70. The minimum atomic E-state index is 0.000464. The van der Waals surface area contributed by atoms with Gasteiger partial charge in [-0.3, -0.25) is 4.79 Å². The van der Waals surface area contributed by atoms with Gasteiger partial charge in [0.25, 0.3) is 0 Å². The topological polar surface area (TPSA) is 38.3 Å². The number of hydrogen-bond donors (Lipinski definition) is 1. The zero-order valence-electron chi connectivity index (χ0n) is 11.7. The molecule has 0 aromatic heterocycles. The van der Waals surface area contributed by atoms with Gasteiger partial charge in [0.1, 0.15) is 5.75 Å². The van der Waals surface area contributed by atoms with Crippen molar-refractivity contribution >= 4 is 27.5 Å². The summed E-state index contributed by atoms with van der Waals surface area (Å²) in [4.78, 5) is 12.4. The number of nitrogens with one attached hydrogen (secondary N) is 1. The van der Waals surface area contributed by atoms with Crippen LogP contribution in [-0.2, 0) is 17.6 Å². The predicted octanol–water partition coefficient (Wildman–Crippen LogP) is 3.81. The Morgan fingerprint density at radius 2 is 2.00 bits per heavy atom. The lowest BCUT2D eigenvalue weighted by Gasteiger charge is -2.11. The van der Waals surface area contributed by atoms with Crippen LogP contribution in [0.15, 0.2) is 46.9 Å². The van der Waals surface area contributed by atoms with Crippen LogP contribution in [0.5, 0.6) is 5.75 Å². The third-order valence-electron chi connectivity index (χ3n) is 3.81. The maximum atomic E-state index is 12.4. The van der Waals surface area contributed by atoms with Gasteiger partial charge in [-0.2, -0.15) is 0 Å². The molecular formula is C17H16BrNO2. The number of carbonyl (C=O) groups excluding carboxylic acids is 1. The summed E-state index contributed by atoms with van der Waals surface area (Å²) in [7, 11) is 1.62. The molecule has 1 N–H and O–H groups in total. The Labute approximate surface area is 132 Å². The van der Waals surface area contributed by atoms with Gasteiger partial charge in [-0.15, -0.1) is 0 Å². The molecule has 2 aromatic rings. The highest BCUT2D eigenvalue weighted by Crippen LogP contribution is 2.30. The maximum absolute atomic E-state index is 12.4. The van der Waals surface area contributed by atoms with Gasteiger partial charge in [-0.25, -0.2) is 0 Å². The fourth-order valence-corrected chi connectivity index (χ4v) is 3.13. The molecule has 0 saturated carbocycles. The van der Waals surface area contributed by atoms with E-state index in [0.717, 1.165) is 28.8 Å². The molecule has 0 saturated heterocycles. The Hall–Kier alpha value is -1.81. The van der Waals surface area contributed by atoms with Crippen molar-refractivity contribution in [1.29, 1.82) is 0 Å². The molecule has 0 bridgehead atoms. The molecule has 21 heavy (non-hydrogen) atoms. The first-order valence-corrected chi connectivity index (χ1v) is 7.67. The molecule has 1 atom stereocenters. The normalized spacial score (nSPS) is 16.4. The van der Waals surface area contributed by atoms with Gasteiger partial charge in [-0.05, 0) is 48.2 Å². The predicted molar refractivity (Wildman–Crippen MR) is 86.7 cm³/mol. The van der Waals surface area contributed by atoms with Gasteiger partial charge in [0.15, 0.2) is 0 Å². The van der Waals surface area contributed by atoms with E-state index in [1.165, 1.54) is 11.1 Å². The summed E-state index contributed by atoms with van der Waals surface area (Å²) in [6.07, 6.45) is 1.60. The molecule has 0 spiro atoms. The molecule has 0 fully saturated rings. The monoisotopic (exact) mass is 345 g/mol. The molecule has 1 aliphatic carbocycles. The van der Waals surface area contributed by atoms with E-state index in [9.17, 15) is 4.79 Å². The Kier molecular flexibility index (Phi) is 3.97. The second kappa shape index (κ2) is 5.90. The van der Waals surface area contributed by atoms with Crippen LogP contribution < -0.4 is 10.1 Å². The van der Waals surface area contributed by atoms with E-state index < -0.39 is 0 Å². The van der Waals surface area contributed by atoms with Gasteiger partial charge >= 0.3 is 0 Å². The molecule has 0 heterocycles. The highest BCUT2D eigenvalue weighted by Gasteiger charge is 2.27. The van der Waals surface area contributed by atoms with Gasteiger partial charge in [0.05, 0.1) is 7.11 Å². The summed E-state index contributed by atoms with van der Waals surface area (Å²) in [6.45, 7) is 0. The summed E-state index contributed by atoms with van der Waals surface area (Å²) in [6, 6.07) is 13.7. The summed E-state index contributed by atoms with van der Waals surface area (Å²) >= 11 is 3.48. The summed E-state index contributed by atoms with van der Waals surface area (Å²) in [5, 5.41) is 2.98. The molecule has 0 radical (unpaired) electrons. The number of ether oxygens (including phenoxy) is 1. The van der Waals surface area contributed by atoms with Crippen molar-refractivity contribution in [3.05, 3.63) is 58.1 Å². The van der Waals surface area contributed by atoms with E-state index in [2.05, 4.69) is 33.4 Å². The van der Waals surface area contributed by atoms with Crippen molar-refractivity contribution in [2.45, 2.75) is 12.8 Å². The zero-order valence-corrected chi connectivity index (χ0v) is 13.3. The Morgan fingerprint density at radius 1 is 1.19 bits per heavy atom. The SMILES string of the molecule is COc1cccc(NC(=O)C2Cc3ccc(Br)cc3C2)c1. The molecule has 108 valence electrons. The van der Waals surface area contributed by atoms with Crippen LogP contribution in [0.1, 0.15) is 11.1 Å². The van der Waals surface area contributed by atoms with Crippen molar-refractivity contribution < 1.29 is 9.53 Å². The van der Waals surface area contributed by atoms with E-state index >= 15 is 0 Å². The van der Waals surface area contributed by atoms with Crippen LogP contribution in [0.3, 0.4) is 0 Å². The highest BCUT2D eigenvalue weighted by atomic mass is 79.9. The van der Waals surface area contributed by atoms with E-state index in [1.54, 1.807) is 7.11 Å². The highest BCUT2D eigenvalue weighted by molar-refractivity contribution is 9.10. The van der Waals surface area contributed by atoms with Crippen LogP contribution in [0.4, 0.5) is 5.69 Å². The number of carbonyl (C=O) groups is 1. The van der Waals surface area contributed by atoms with Gasteiger partial charge in [0.2, 0.25) is 5.91 Å². The van der Waals surface area contributed by atoms with E-state index in [0.29, 0.717) is 0 Å². The molecular weight excluding hydrogens is 330 g/mol. The molecule has 1 aliphatic rings. The Bertz CT molecular complexity index is 684. The number of anilines is 1. The average Bonchev–Trinajstić information content (AvgIpc) is 2.90. The van der Waals surface area contributed by atoms with E-state index in [-0.39, 0.29) is 11.8 Å². The number of benzene rings is 2. The van der Waals surface area contributed by atoms with Gasteiger partial charge in [0, 0.05) is 22.1 Å². The fourth-order valence-electron chi connectivity index (χ4n) is 2.72. The smallest absolute Gasteiger partial charge is 0.228 e. The molecule has 4 heteroatoms. The quantitative estimate of drug-likeness (QED) is 0.918. The van der Waals surface area contributed by atoms with Crippen LogP contribution >= 0.6 is 15.9 Å². The van der Waals surface area contributed by atoms with Crippen LogP contribution in [0.2, 0.25) is 0 Å². The molecule has 1 amide bonds. The molecule has 3 nitrogen and oxygen atoms in total. The lowest BCUT2D eigenvalue weighted by atomic mass is 10.1. The first kappa shape index (κ1) is 14.1.